The molecule has 0 bridgehead atoms. The van der Waals surface area contributed by atoms with Crippen LogP contribution in [-0.2, 0) is 11.2 Å². The Morgan fingerprint density at radius 1 is 1.56 bits per heavy atom. The summed E-state index contributed by atoms with van der Waals surface area (Å²) in [5.74, 6) is 1.73. The minimum absolute atomic E-state index is 0.197. The van der Waals surface area contributed by atoms with Crippen LogP contribution >= 0.6 is 0 Å². The summed E-state index contributed by atoms with van der Waals surface area (Å²) in [6, 6.07) is 0. The highest BCUT2D eigenvalue weighted by atomic mass is 16.1. The minimum atomic E-state index is 0.197. The molecule has 0 spiro atoms. The van der Waals surface area contributed by atoms with Crippen LogP contribution in [0.25, 0.3) is 0 Å². The highest BCUT2D eigenvalue weighted by Crippen LogP contribution is 2.28. The zero-order chi connectivity index (χ0) is 11.2. The third kappa shape index (κ3) is 3.32. The maximum Gasteiger partial charge on any atom is 0.220 e. The fourth-order valence-electron chi connectivity index (χ4n) is 1.87. The van der Waals surface area contributed by atoms with Gasteiger partial charge in [-0.05, 0) is 25.2 Å². The molecule has 0 aromatic carbocycles. The van der Waals surface area contributed by atoms with Gasteiger partial charge >= 0.3 is 0 Å². The average Bonchev–Trinajstić information content (AvgIpc) is 2.71. The second-order valence-corrected chi connectivity index (χ2v) is 4.39. The second-order valence-electron chi connectivity index (χ2n) is 4.39. The van der Waals surface area contributed by atoms with Gasteiger partial charge in [-0.25, -0.2) is 4.98 Å². The average molecular weight is 222 g/mol. The van der Waals surface area contributed by atoms with Crippen molar-refractivity contribution in [3.63, 3.8) is 0 Å². The smallest absolute Gasteiger partial charge is 0.220 e. The molecule has 2 N–H and O–H groups in total. The number of aryl methyl sites for hydroxylation is 1. The molecule has 1 saturated carbocycles. The molecule has 0 atom stereocenters. The molecule has 0 saturated heterocycles. The van der Waals surface area contributed by atoms with Gasteiger partial charge in [0.1, 0.15) is 12.2 Å². The van der Waals surface area contributed by atoms with Crippen LogP contribution in [0.1, 0.15) is 37.9 Å². The van der Waals surface area contributed by atoms with E-state index in [2.05, 4.69) is 20.5 Å². The molecule has 0 aliphatic heterocycles. The van der Waals surface area contributed by atoms with E-state index in [0.29, 0.717) is 12.3 Å². The van der Waals surface area contributed by atoms with Gasteiger partial charge in [-0.15, -0.1) is 0 Å². The summed E-state index contributed by atoms with van der Waals surface area (Å²) in [6.45, 7) is 0.728. The van der Waals surface area contributed by atoms with Crippen molar-refractivity contribution in [1.29, 1.82) is 0 Å². The molecule has 88 valence electrons. The highest BCUT2D eigenvalue weighted by Gasteiger charge is 2.20. The number of nitrogens with one attached hydrogen (secondary N) is 2. The molecule has 0 unspecified atom stereocenters. The Morgan fingerprint density at radius 3 is 3.06 bits per heavy atom. The summed E-state index contributed by atoms with van der Waals surface area (Å²) < 4.78 is 0. The van der Waals surface area contributed by atoms with Gasteiger partial charge in [0.2, 0.25) is 5.91 Å². The van der Waals surface area contributed by atoms with Crippen molar-refractivity contribution < 1.29 is 4.79 Å². The lowest BCUT2D eigenvalue weighted by atomic mass is 9.83. The summed E-state index contributed by atoms with van der Waals surface area (Å²) in [7, 11) is 0. The van der Waals surface area contributed by atoms with Gasteiger partial charge in [-0.3, -0.25) is 9.89 Å². The standard InChI is InChI=1S/C11H18N4O/c16-11(7-9-3-1-4-9)12-6-2-5-10-13-8-14-15-10/h8-9H,1-7H2,(H,12,16)(H,13,14,15). The molecule has 2 rings (SSSR count). The lowest BCUT2D eigenvalue weighted by molar-refractivity contribution is -0.122. The first-order chi connectivity index (χ1) is 7.84. The molecule has 0 radical (unpaired) electrons. The third-order valence-corrected chi connectivity index (χ3v) is 3.08. The van der Waals surface area contributed by atoms with Gasteiger partial charge in [-0.2, -0.15) is 5.10 Å². The molecule has 5 nitrogen and oxygen atoms in total. The van der Waals surface area contributed by atoms with Crippen LogP contribution in [0.4, 0.5) is 0 Å². The van der Waals surface area contributed by atoms with Crippen LogP contribution in [0, 0.1) is 5.92 Å². The number of hydrogen-bond donors (Lipinski definition) is 2. The molecule has 5 heteroatoms. The van der Waals surface area contributed by atoms with Crippen molar-refractivity contribution >= 4 is 5.91 Å². The number of aromatic nitrogens is 3. The minimum Gasteiger partial charge on any atom is -0.356 e. The molecular weight excluding hydrogens is 204 g/mol. The molecule has 1 aromatic rings. The first-order valence-corrected chi connectivity index (χ1v) is 5.95. The summed E-state index contributed by atoms with van der Waals surface area (Å²) in [6.07, 6.45) is 7.71. The lowest BCUT2D eigenvalue weighted by Gasteiger charge is -2.24. The monoisotopic (exact) mass is 222 g/mol. The number of carbonyl (C=O) groups excluding carboxylic acids is 1. The Balaban J connectivity index is 1.52. The van der Waals surface area contributed by atoms with E-state index in [1.54, 1.807) is 0 Å². The lowest BCUT2D eigenvalue weighted by Crippen LogP contribution is -2.28. The fourth-order valence-corrected chi connectivity index (χ4v) is 1.87. The van der Waals surface area contributed by atoms with Gasteiger partial charge in [-0.1, -0.05) is 6.42 Å². The summed E-state index contributed by atoms with van der Waals surface area (Å²) in [5, 5.41) is 9.52. The van der Waals surface area contributed by atoms with Gasteiger partial charge < -0.3 is 5.32 Å². The fraction of sp³-hybridized carbons (Fsp3) is 0.727. The van der Waals surface area contributed by atoms with Crippen LogP contribution in [0.15, 0.2) is 6.33 Å². The summed E-state index contributed by atoms with van der Waals surface area (Å²) >= 11 is 0. The van der Waals surface area contributed by atoms with Gasteiger partial charge in [0.15, 0.2) is 0 Å². The quantitative estimate of drug-likeness (QED) is 0.707. The number of hydrogen-bond acceptors (Lipinski definition) is 3. The van der Waals surface area contributed by atoms with Crippen molar-refractivity contribution in [1.82, 2.24) is 20.5 Å². The Labute approximate surface area is 95.0 Å². The van der Waals surface area contributed by atoms with Crippen LogP contribution < -0.4 is 5.32 Å². The highest BCUT2D eigenvalue weighted by molar-refractivity contribution is 5.76. The van der Waals surface area contributed by atoms with Crippen LogP contribution in [0.5, 0.6) is 0 Å². The third-order valence-electron chi connectivity index (χ3n) is 3.08. The van der Waals surface area contributed by atoms with Crippen molar-refractivity contribution in [3.05, 3.63) is 12.2 Å². The van der Waals surface area contributed by atoms with Crippen LogP contribution in [0.3, 0.4) is 0 Å². The Hall–Kier alpha value is -1.39. The molecule has 1 amide bonds. The number of amides is 1. The zero-order valence-electron chi connectivity index (χ0n) is 9.41. The van der Waals surface area contributed by atoms with Crippen molar-refractivity contribution in [2.45, 2.75) is 38.5 Å². The predicted octanol–water partition coefficient (Wildman–Crippen LogP) is 1.04. The SMILES string of the molecule is O=C(CC1CCC1)NCCCc1ncn[nH]1. The zero-order valence-corrected chi connectivity index (χ0v) is 9.41. The number of rotatable bonds is 6. The summed E-state index contributed by atoms with van der Waals surface area (Å²) in [5.41, 5.74) is 0. The van der Waals surface area contributed by atoms with E-state index in [0.717, 1.165) is 25.2 Å². The van der Waals surface area contributed by atoms with Crippen LogP contribution in [-0.4, -0.2) is 27.6 Å². The van der Waals surface area contributed by atoms with E-state index < -0.39 is 0 Å². The van der Waals surface area contributed by atoms with E-state index in [1.165, 1.54) is 25.6 Å². The Kier molecular flexibility index (Phi) is 3.91. The van der Waals surface area contributed by atoms with Gasteiger partial charge in [0, 0.05) is 19.4 Å². The Bertz CT molecular complexity index is 319. The molecule has 16 heavy (non-hydrogen) atoms. The molecule has 1 heterocycles. The Morgan fingerprint density at radius 2 is 2.44 bits per heavy atom. The first-order valence-electron chi connectivity index (χ1n) is 5.95. The first kappa shape index (κ1) is 11.1. The topological polar surface area (TPSA) is 70.7 Å². The van der Waals surface area contributed by atoms with Crippen molar-refractivity contribution in [2.24, 2.45) is 5.92 Å². The number of carbonyl (C=O) groups is 1. The van der Waals surface area contributed by atoms with Gasteiger partial charge in [0.25, 0.3) is 0 Å². The van der Waals surface area contributed by atoms with Gasteiger partial charge in [0.05, 0.1) is 0 Å². The summed E-state index contributed by atoms with van der Waals surface area (Å²) in [4.78, 5) is 15.5. The maximum atomic E-state index is 11.5. The molecular formula is C11H18N4O. The van der Waals surface area contributed by atoms with E-state index in [9.17, 15) is 4.79 Å². The molecule has 1 aromatic heterocycles. The second kappa shape index (κ2) is 5.63. The number of nitrogens with zero attached hydrogens (tertiary/aromatic N) is 2. The molecule has 1 aliphatic carbocycles. The largest absolute Gasteiger partial charge is 0.356 e. The number of H-pyrrole nitrogens is 1. The van der Waals surface area contributed by atoms with E-state index >= 15 is 0 Å². The normalized spacial score (nSPS) is 15.8. The van der Waals surface area contributed by atoms with Crippen molar-refractivity contribution in [3.8, 4) is 0 Å². The maximum absolute atomic E-state index is 11.5. The van der Waals surface area contributed by atoms with E-state index in [4.69, 9.17) is 0 Å². The molecule has 1 aliphatic rings. The molecule has 1 fully saturated rings. The van der Waals surface area contributed by atoms with E-state index in [1.807, 2.05) is 0 Å². The van der Waals surface area contributed by atoms with E-state index in [-0.39, 0.29) is 5.91 Å². The van der Waals surface area contributed by atoms with Crippen molar-refractivity contribution in [2.75, 3.05) is 6.54 Å². The number of aromatic amines is 1. The van der Waals surface area contributed by atoms with Crippen LogP contribution in [0.2, 0.25) is 0 Å². The predicted molar refractivity (Wildman–Crippen MR) is 59.7 cm³/mol.